The fourth-order valence-corrected chi connectivity index (χ4v) is 2.50. The second-order valence-corrected chi connectivity index (χ2v) is 5.99. The summed E-state index contributed by atoms with van der Waals surface area (Å²) in [5, 5.41) is 14.2. The number of ether oxygens (including phenoxy) is 2. The van der Waals surface area contributed by atoms with Gasteiger partial charge in [-0.15, -0.1) is 0 Å². The first-order valence-corrected chi connectivity index (χ1v) is 8.42. The smallest absolute Gasteiger partial charge is 0.286 e. The quantitative estimate of drug-likeness (QED) is 0.525. The van der Waals surface area contributed by atoms with Gasteiger partial charge in [-0.2, -0.15) is 0 Å². The molecule has 0 saturated heterocycles. The number of hydrogen-bond acceptors (Lipinski definition) is 7. The van der Waals surface area contributed by atoms with Crippen LogP contribution in [-0.2, 0) is 4.79 Å². The molecule has 2 amide bonds. The number of hydrogen-bond donors (Lipinski definition) is 3. The number of nitro benzene ring substituents is 1. The van der Waals surface area contributed by atoms with Crippen molar-refractivity contribution in [2.24, 2.45) is 0 Å². The van der Waals surface area contributed by atoms with Gasteiger partial charge in [0.05, 0.1) is 17.5 Å². The van der Waals surface area contributed by atoms with Crippen molar-refractivity contribution < 1.29 is 24.0 Å². The largest absolute Gasteiger partial charge is 0.486 e. The number of hydrazine groups is 1. The van der Waals surface area contributed by atoms with Gasteiger partial charge in [0.1, 0.15) is 18.8 Å². The Kier molecular flexibility index (Phi) is 5.58. The van der Waals surface area contributed by atoms with Crippen molar-refractivity contribution >= 4 is 23.2 Å². The molecule has 1 aliphatic rings. The lowest BCUT2D eigenvalue weighted by Gasteiger charge is -2.19. The lowest BCUT2D eigenvalue weighted by molar-refractivity contribution is -0.385. The van der Waals surface area contributed by atoms with E-state index in [0.29, 0.717) is 0 Å². The number of anilines is 1. The van der Waals surface area contributed by atoms with E-state index >= 15 is 0 Å². The second-order valence-electron chi connectivity index (χ2n) is 5.99. The SMILES string of the molecule is Cc1ccc(NCC(=O)NNC(=O)c2cc3c(cc2[N+](=O)[O-])OCCO3)cc1. The molecule has 0 fully saturated rings. The van der Waals surface area contributed by atoms with Gasteiger partial charge in [-0.25, -0.2) is 0 Å². The van der Waals surface area contributed by atoms with E-state index < -0.39 is 22.4 Å². The Balaban J connectivity index is 1.61. The topological polar surface area (TPSA) is 132 Å². The first-order valence-electron chi connectivity index (χ1n) is 8.42. The molecule has 0 bridgehead atoms. The van der Waals surface area contributed by atoms with Crippen LogP contribution in [0.25, 0.3) is 0 Å². The molecule has 0 aromatic heterocycles. The normalized spacial score (nSPS) is 12.0. The molecule has 0 atom stereocenters. The van der Waals surface area contributed by atoms with Gasteiger partial charge in [0, 0.05) is 11.8 Å². The molecule has 146 valence electrons. The fraction of sp³-hybridized carbons (Fsp3) is 0.222. The van der Waals surface area contributed by atoms with Crippen LogP contribution in [0, 0.1) is 17.0 Å². The van der Waals surface area contributed by atoms with Crippen LogP contribution in [0.5, 0.6) is 11.5 Å². The Bertz CT molecular complexity index is 913. The number of nitrogens with one attached hydrogen (secondary N) is 3. The zero-order valence-electron chi connectivity index (χ0n) is 15.0. The Labute approximate surface area is 159 Å². The van der Waals surface area contributed by atoms with E-state index in [9.17, 15) is 19.7 Å². The number of aryl methyl sites for hydroxylation is 1. The van der Waals surface area contributed by atoms with Crippen molar-refractivity contribution in [3.63, 3.8) is 0 Å². The standard InChI is InChI=1S/C18H18N4O6/c1-11-2-4-12(5-3-11)19-10-17(23)20-21-18(24)13-8-15-16(28-7-6-27-15)9-14(13)22(25)26/h2-5,8-9,19H,6-7,10H2,1H3,(H,20,23)(H,21,24). The maximum absolute atomic E-state index is 12.3. The van der Waals surface area contributed by atoms with Gasteiger partial charge in [0.2, 0.25) is 0 Å². The average molecular weight is 386 g/mol. The minimum Gasteiger partial charge on any atom is -0.486 e. The molecule has 3 N–H and O–H groups in total. The number of fused-ring (bicyclic) bond motifs is 1. The molecule has 0 aliphatic carbocycles. The van der Waals surface area contributed by atoms with Crippen molar-refractivity contribution in [3.8, 4) is 11.5 Å². The third-order valence-corrected chi connectivity index (χ3v) is 3.92. The Morgan fingerprint density at radius 3 is 2.36 bits per heavy atom. The fourth-order valence-electron chi connectivity index (χ4n) is 2.50. The predicted octanol–water partition coefficient (Wildman–Crippen LogP) is 1.55. The van der Waals surface area contributed by atoms with E-state index in [4.69, 9.17) is 9.47 Å². The van der Waals surface area contributed by atoms with Gasteiger partial charge in [-0.1, -0.05) is 17.7 Å². The summed E-state index contributed by atoms with van der Waals surface area (Å²) in [5.74, 6) is -0.934. The summed E-state index contributed by atoms with van der Waals surface area (Å²) in [7, 11) is 0. The van der Waals surface area contributed by atoms with Crippen molar-refractivity contribution in [3.05, 3.63) is 57.6 Å². The van der Waals surface area contributed by atoms with Gasteiger partial charge in [0.25, 0.3) is 17.5 Å². The predicted molar refractivity (Wildman–Crippen MR) is 99.4 cm³/mol. The third kappa shape index (κ3) is 4.47. The molecular formula is C18H18N4O6. The van der Waals surface area contributed by atoms with E-state index in [0.717, 1.165) is 17.3 Å². The molecular weight excluding hydrogens is 368 g/mol. The molecule has 2 aromatic carbocycles. The van der Waals surface area contributed by atoms with Crippen LogP contribution in [0.1, 0.15) is 15.9 Å². The van der Waals surface area contributed by atoms with Gasteiger partial charge in [-0.3, -0.25) is 30.6 Å². The minimum absolute atomic E-state index is 0.0907. The molecule has 0 unspecified atom stereocenters. The Morgan fingerprint density at radius 2 is 1.71 bits per heavy atom. The molecule has 0 radical (unpaired) electrons. The highest BCUT2D eigenvalue weighted by atomic mass is 16.6. The molecule has 10 nitrogen and oxygen atoms in total. The Morgan fingerprint density at radius 1 is 1.07 bits per heavy atom. The molecule has 28 heavy (non-hydrogen) atoms. The molecule has 1 aliphatic heterocycles. The van der Waals surface area contributed by atoms with Crippen molar-refractivity contribution in [2.75, 3.05) is 25.1 Å². The average Bonchev–Trinajstić information content (AvgIpc) is 2.70. The maximum atomic E-state index is 12.3. The zero-order chi connectivity index (χ0) is 20.1. The number of amides is 2. The van der Waals surface area contributed by atoms with Crippen molar-refractivity contribution in [1.82, 2.24) is 10.9 Å². The van der Waals surface area contributed by atoms with Gasteiger partial charge < -0.3 is 14.8 Å². The minimum atomic E-state index is -0.840. The molecule has 0 spiro atoms. The van der Waals surface area contributed by atoms with Crippen LogP contribution in [-0.4, -0.2) is 36.5 Å². The zero-order valence-corrected chi connectivity index (χ0v) is 15.0. The van der Waals surface area contributed by atoms with E-state index in [1.54, 1.807) is 0 Å². The Hall–Kier alpha value is -3.82. The number of rotatable bonds is 5. The summed E-state index contributed by atoms with van der Waals surface area (Å²) in [6.07, 6.45) is 0. The van der Waals surface area contributed by atoms with Gasteiger partial charge >= 0.3 is 0 Å². The summed E-state index contributed by atoms with van der Waals surface area (Å²) in [6.45, 7) is 2.39. The summed E-state index contributed by atoms with van der Waals surface area (Å²) in [5.41, 5.74) is 5.51. The maximum Gasteiger partial charge on any atom is 0.286 e. The van der Waals surface area contributed by atoms with Gasteiger partial charge in [0.15, 0.2) is 11.5 Å². The van der Waals surface area contributed by atoms with E-state index in [1.807, 2.05) is 31.2 Å². The van der Waals surface area contributed by atoms with E-state index in [2.05, 4.69) is 16.2 Å². The molecule has 2 aromatic rings. The lowest BCUT2D eigenvalue weighted by Crippen LogP contribution is -2.44. The van der Waals surface area contributed by atoms with E-state index in [-0.39, 0.29) is 36.8 Å². The number of nitrogens with zero attached hydrogens (tertiary/aromatic N) is 1. The van der Waals surface area contributed by atoms with Crippen LogP contribution >= 0.6 is 0 Å². The number of benzene rings is 2. The van der Waals surface area contributed by atoms with Crippen LogP contribution in [0.4, 0.5) is 11.4 Å². The molecule has 10 heteroatoms. The lowest BCUT2D eigenvalue weighted by atomic mass is 10.1. The highest BCUT2D eigenvalue weighted by Gasteiger charge is 2.26. The van der Waals surface area contributed by atoms with Crippen molar-refractivity contribution in [2.45, 2.75) is 6.92 Å². The summed E-state index contributed by atoms with van der Waals surface area (Å²) >= 11 is 0. The monoisotopic (exact) mass is 386 g/mol. The third-order valence-electron chi connectivity index (χ3n) is 3.92. The van der Waals surface area contributed by atoms with E-state index in [1.165, 1.54) is 6.07 Å². The number of nitro groups is 1. The first-order chi connectivity index (χ1) is 13.4. The molecule has 1 heterocycles. The van der Waals surface area contributed by atoms with Crippen LogP contribution in [0.2, 0.25) is 0 Å². The summed E-state index contributed by atoms with van der Waals surface area (Å²) < 4.78 is 10.6. The number of carbonyl (C=O) groups excluding carboxylic acids is 2. The highest BCUT2D eigenvalue weighted by molar-refractivity contribution is 6.00. The van der Waals surface area contributed by atoms with Crippen LogP contribution < -0.4 is 25.6 Å². The summed E-state index contributed by atoms with van der Waals surface area (Å²) in [6, 6.07) is 9.77. The first kappa shape index (κ1) is 19.0. The van der Waals surface area contributed by atoms with Crippen LogP contribution in [0.15, 0.2) is 36.4 Å². The second kappa shape index (κ2) is 8.25. The highest BCUT2D eigenvalue weighted by Crippen LogP contribution is 2.36. The summed E-state index contributed by atoms with van der Waals surface area (Å²) in [4.78, 5) is 34.8. The van der Waals surface area contributed by atoms with Crippen LogP contribution in [0.3, 0.4) is 0 Å². The van der Waals surface area contributed by atoms with Crippen molar-refractivity contribution in [1.29, 1.82) is 0 Å². The number of carbonyl (C=O) groups is 2. The van der Waals surface area contributed by atoms with Gasteiger partial charge in [-0.05, 0) is 19.1 Å². The molecule has 0 saturated carbocycles. The molecule has 3 rings (SSSR count).